The molecule has 3 amide bonds. The second-order valence-electron chi connectivity index (χ2n) is 6.67. The Kier molecular flexibility index (Phi) is 6.82. The van der Waals surface area contributed by atoms with Crippen molar-refractivity contribution in [2.75, 3.05) is 32.7 Å². The Bertz CT molecular complexity index is 899. The molecule has 8 heteroatoms. The number of hydrogen-bond donors (Lipinski definition) is 1. The van der Waals surface area contributed by atoms with Gasteiger partial charge in [-0.15, -0.1) is 0 Å². The van der Waals surface area contributed by atoms with Crippen molar-refractivity contribution in [2.24, 2.45) is 0 Å². The molecule has 0 bridgehead atoms. The van der Waals surface area contributed by atoms with Gasteiger partial charge in [0.15, 0.2) is 0 Å². The first-order chi connectivity index (χ1) is 14.0. The Hall–Kier alpha value is -2.93. The molecule has 1 aliphatic heterocycles. The van der Waals surface area contributed by atoms with Gasteiger partial charge in [-0.05, 0) is 30.3 Å². The van der Waals surface area contributed by atoms with E-state index >= 15 is 0 Å². The summed E-state index contributed by atoms with van der Waals surface area (Å²) in [5, 5.41) is 3.02. The van der Waals surface area contributed by atoms with Gasteiger partial charge < -0.3 is 15.1 Å². The summed E-state index contributed by atoms with van der Waals surface area (Å²) >= 11 is 5.85. The van der Waals surface area contributed by atoms with Crippen molar-refractivity contribution in [1.29, 1.82) is 0 Å². The summed E-state index contributed by atoms with van der Waals surface area (Å²) in [6.07, 6.45) is 0.176. The molecule has 0 radical (unpaired) electrons. The maximum atomic E-state index is 13.9. The van der Waals surface area contributed by atoms with Gasteiger partial charge in [0.2, 0.25) is 5.91 Å². The van der Waals surface area contributed by atoms with Crippen molar-refractivity contribution in [3.8, 4) is 0 Å². The van der Waals surface area contributed by atoms with E-state index in [0.717, 1.165) is 0 Å². The number of piperazine rings is 1. The first-order valence-corrected chi connectivity index (χ1v) is 9.69. The average molecular weight is 418 g/mol. The fourth-order valence-electron chi connectivity index (χ4n) is 3.12. The van der Waals surface area contributed by atoms with Gasteiger partial charge >= 0.3 is 0 Å². The van der Waals surface area contributed by atoms with E-state index in [2.05, 4.69) is 5.32 Å². The summed E-state index contributed by atoms with van der Waals surface area (Å²) in [6.45, 7) is 1.58. The molecule has 0 aromatic heterocycles. The van der Waals surface area contributed by atoms with E-state index in [1.54, 1.807) is 29.2 Å². The number of rotatable bonds is 5. The third kappa shape index (κ3) is 5.32. The number of halogens is 2. The summed E-state index contributed by atoms with van der Waals surface area (Å²) in [5.74, 6) is -1.38. The fourth-order valence-corrected chi connectivity index (χ4v) is 3.30. The van der Waals surface area contributed by atoms with E-state index in [9.17, 15) is 18.8 Å². The summed E-state index contributed by atoms with van der Waals surface area (Å²) < 4.78 is 13.9. The zero-order valence-electron chi connectivity index (χ0n) is 15.7. The van der Waals surface area contributed by atoms with Crippen molar-refractivity contribution in [1.82, 2.24) is 15.1 Å². The van der Waals surface area contributed by atoms with Crippen LogP contribution in [0.2, 0.25) is 5.02 Å². The van der Waals surface area contributed by atoms with E-state index in [4.69, 9.17) is 11.6 Å². The van der Waals surface area contributed by atoms with Gasteiger partial charge in [-0.2, -0.15) is 0 Å². The van der Waals surface area contributed by atoms with Crippen LogP contribution in [-0.2, 0) is 4.79 Å². The zero-order valence-corrected chi connectivity index (χ0v) is 16.5. The zero-order chi connectivity index (χ0) is 20.8. The molecule has 3 rings (SSSR count). The van der Waals surface area contributed by atoms with Crippen molar-refractivity contribution < 1.29 is 18.8 Å². The predicted molar refractivity (Wildman–Crippen MR) is 107 cm³/mol. The van der Waals surface area contributed by atoms with Crippen LogP contribution in [0, 0.1) is 5.82 Å². The molecule has 0 unspecified atom stereocenters. The topological polar surface area (TPSA) is 69.7 Å². The molecule has 0 spiro atoms. The van der Waals surface area contributed by atoms with Crippen LogP contribution in [0.5, 0.6) is 0 Å². The van der Waals surface area contributed by atoms with Gasteiger partial charge in [-0.1, -0.05) is 29.8 Å². The largest absolute Gasteiger partial charge is 0.352 e. The highest BCUT2D eigenvalue weighted by Crippen LogP contribution is 2.18. The van der Waals surface area contributed by atoms with Crippen LogP contribution in [0.15, 0.2) is 48.5 Å². The molecule has 2 aromatic rings. The van der Waals surface area contributed by atoms with E-state index in [0.29, 0.717) is 36.8 Å². The van der Waals surface area contributed by atoms with Crippen LogP contribution in [0.1, 0.15) is 27.1 Å². The number of amides is 3. The predicted octanol–water partition coefficient (Wildman–Crippen LogP) is 2.58. The number of hydrogen-bond acceptors (Lipinski definition) is 3. The SMILES string of the molecule is O=C(NCCC(=O)N1CCN(C(=O)c2cc(Cl)ccc2F)CC1)c1ccccc1. The molecule has 152 valence electrons. The Morgan fingerprint density at radius 2 is 1.62 bits per heavy atom. The lowest BCUT2D eigenvalue weighted by Crippen LogP contribution is -2.51. The Morgan fingerprint density at radius 1 is 0.966 bits per heavy atom. The Labute approximate surface area is 173 Å². The van der Waals surface area contributed by atoms with Crippen molar-refractivity contribution in [2.45, 2.75) is 6.42 Å². The highest BCUT2D eigenvalue weighted by atomic mass is 35.5. The minimum Gasteiger partial charge on any atom is -0.352 e. The summed E-state index contributed by atoms with van der Waals surface area (Å²) in [6, 6.07) is 12.6. The van der Waals surface area contributed by atoms with Crippen LogP contribution >= 0.6 is 11.6 Å². The highest BCUT2D eigenvalue weighted by molar-refractivity contribution is 6.31. The van der Waals surface area contributed by atoms with Gasteiger partial charge in [0.05, 0.1) is 5.56 Å². The van der Waals surface area contributed by atoms with E-state index < -0.39 is 11.7 Å². The van der Waals surface area contributed by atoms with Crippen LogP contribution in [0.25, 0.3) is 0 Å². The molecule has 1 saturated heterocycles. The molecule has 6 nitrogen and oxygen atoms in total. The lowest BCUT2D eigenvalue weighted by molar-refractivity contribution is -0.132. The summed E-state index contributed by atoms with van der Waals surface area (Å²) in [7, 11) is 0. The molecule has 0 saturated carbocycles. The number of carbonyl (C=O) groups excluding carboxylic acids is 3. The van der Waals surface area contributed by atoms with E-state index in [1.165, 1.54) is 23.1 Å². The third-order valence-electron chi connectivity index (χ3n) is 4.74. The van der Waals surface area contributed by atoms with Crippen LogP contribution in [-0.4, -0.2) is 60.2 Å². The third-order valence-corrected chi connectivity index (χ3v) is 4.97. The average Bonchev–Trinajstić information content (AvgIpc) is 2.75. The fraction of sp³-hybridized carbons (Fsp3) is 0.286. The van der Waals surface area contributed by atoms with Crippen molar-refractivity contribution in [3.05, 3.63) is 70.5 Å². The van der Waals surface area contributed by atoms with Gasteiger partial charge in [0.25, 0.3) is 11.8 Å². The van der Waals surface area contributed by atoms with Gasteiger partial charge in [-0.25, -0.2) is 4.39 Å². The molecule has 1 aliphatic rings. The minimum absolute atomic E-state index is 0.0686. The van der Waals surface area contributed by atoms with Gasteiger partial charge in [-0.3, -0.25) is 14.4 Å². The summed E-state index contributed by atoms with van der Waals surface area (Å²) in [5.41, 5.74) is 0.473. The summed E-state index contributed by atoms with van der Waals surface area (Å²) in [4.78, 5) is 40.0. The molecular weight excluding hydrogens is 397 g/mol. The van der Waals surface area contributed by atoms with E-state index in [-0.39, 0.29) is 30.3 Å². The standard InChI is InChI=1S/C21H21ClFN3O3/c22-16-6-7-18(23)17(14-16)21(29)26-12-10-25(11-13-26)19(27)8-9-24-20(28)15-4-2-1-3-5-15/h1-7,14H,8-13H2,(H,24,28). The molecule has 29 heavy (non-hydrogen) atoms. The van der Waals surface area contributed by atoms with Gasteiger partial charge in [0.1, 0.15) is 5.82 Å². The molecule has 1 fully saturated rings. The Balaban J connectivity index is 1.45. The molecule has 1 N–H and O–H groups in total. The lowest BCUT2D eigenvalue weighted by atomic mass is 10.1. The second-order valence-corrected chi connectivity index (χ2v) is 7.11. The maximum Gasteiger partial charge on any atom is 0.257 e. The van der Waals surface area contributed by atoms with E-state index in [1.807, 2.05) is 6.07 Å². The van der Waals surface area contributed by atoms with Crippen molar-refractivity contribution >= 4 is 29.3 Å². The minimum atomic E-state index is -0.618. The second kappa shape index (κ2) is 9.52. The molecule has 0 atom stereocenters. The molecular formula is C21H21ClFN3O3. The monoisotopic (exact) mass is 417 g/mol. The van der Waals surface area contributed by atoms with Crippen LogP contribution in [0.3, 0.4) is 0 Å². The number of nitrogens with one attached hydrogen (secondary N) is 1. The maximum absolute atomic E-state index is 13.9. The number of carbonyl (C=O) groups is 3. The number of benzene rings is 2. The smallest absolute Gasteiger partial charge is 0.257 e. The lowest BCUT2D eigenvalue weighted by Gasteiger charge is -2.35. The van der Waals surface area contributed by atoms with Gasteiger partial charge in [0, 0.05) is 49.7 Å². The van der Waals surface area contributed by atoms with Crippen molar-refractivity contribution in [3.63, 3.8) is 0 Å². The molecule has 1 heterocycles. The van der Waals surface area contributed by atoms with Crippen LogP contribution < -0.4 is 5.32 Å². The first kappa shape index (κ1) is 20.8. The molecule has 2 aromatic carbocycles. The molecule has 0 aliphatic carbocycles. The van der Waals surface area contributed by atoms with Crippen LogP contribution in [0.4, 0.5) is 4.39 Å². The number of nitrogens with zero attached hydrogens (tertiary/aromatic N) is 2. The quantitative estimate of drug-likeness (QED) is 0.813. The first-order valence-electron chi connectivity index (χ1n) is 9.31. The normalized spacial score (nSPS) is 13.9. The Morgan fingerprint density at radius 3 is 2.31 bits per heavy atom. The highest BCUT2D eigenvalue weighted by Gasteiger charge is 2.26.